The molecule has 0 bridgehead atoms. The maximum Gasteiger partial charge on any atom is 0.283 e. The average molecular weight is 326 g/mol. The van der Waals surface area contributed by atoms with Crippen LogP contribution in [0.25, 0.3) is 11.2 Å². The molecule has 7 N–H and O–H groups in total. The van der Waals surface area contributed by atoms with Gasteiger partial charge in [0.15, 0.2) is 17.4 Å². The minimum absolute atomic E-state index is 0.0403. The maximum atomic E-state index is 12.4. The van der Waals surface area contributed by atoms with Gasteiger partial charge in [0.1, 0.15) is 18.3 Å². The Labute approximate surface area is 129 Å². The molecule has 2 aromatic heterocycles. The summed E-state index contributed by atoms with van der Waals surface area (Å²) in [5.74, 6) is -0.0403. The summed E-state index contributed by atoms with van der Waals surface area (Å²) in [6, 6.07) is 0. The number of aliphatic hydroxyl groups is 3. The molecule has 11 heteroatoms. The zero-order chi connectivity index (χ0) is 16.7. The van der Waals surface area contributed by atoms with Gasteiger partial charge < -0.3 is 31.5 Å². The van der Waals surface area contributed by atoms with Crippen molar-refractivity contribution in [3.05, 3.63) is 16.7 Å². The second kappa shape index (κ2) is 5.86. The summed E-state index contributed by atoms with van der Waals surface area (Å²) in [6.45, 7) is -0.0403. The first kappa shape index (κ1) is 15.8. The first-order valence-electron chi connectivity index (χ1n) is 7.05. The molecule has 0 amide bonds. The number of nitrogens with zero attached hydrogens (tertiary/aromatic N) is 4. The van der Waals surface area contributed by atoms with Gasteiger partial charge in [-0.05, 0) is 0 Å². The highest BCUT2D eigenvalue weighted by molar-refractivity contribution is 5.71. The fourth-order valence-electron chi connectivity index (χ4n) is 2.66. The molecule has 11 nitrogen and oxygen atoms in total. The number of nitrogen functional groups attached to an aromatic ring is 1. The predicted molar refractivity (Wildman–Crippen MR) is 78.3 cm³/mol. The van der Waals surface area contributed by atoms with E-state index in [-0.39, 0.29) is 30.2 Å². The molecule has 4 atom stereocenters. The molecule has 1 aliphatic heterocycles. The molecule has 0 aromatic carbocycles. The largest absolute Gasteiger partial charge is 0.394 e. The Kier molecular flexibility index (Phi) is 4.04. The number of rotatable bonds is 4. The highest BCUT2D eigenvalue weighted by Crippen LogP contribution is 2.30. The van der Waals surface area contributed by atoms with Crippen LogP contribution in [0.3, 0.4) is 0 Å². The van der Waals surface area contributed by atoms with Gasteiger partial charge in [-0.2, -0.15) is 4.98 Å². The van der Waals surface area contributed by atoms with Crippen LogP contribution in [0.5, 0.6) is 0 Å². The Balaban J connectivity index is 2.09. The number of ether oxygens (including phenoxy) is 1. The van der Waals surface area contributed by atoms with Gasteiger partial charge >= 0.3 is 0 Å². The number of imidazole rings is 1. The van der Waals surface area contributed by atoms with Crippen LogP contribution >= 0.6 is 0 Å². The zero-order valence-electron chi connectivity index (χ0n) is 12.1. The van der Waals surface area contributed by atoms with Gasteiger partial charge in [0.2, 0.25) is 5.95 Å². The lowest BCUT2D eigenvalue weighted by molar-refractivity contribution is -0.0511. The molecule has 0 saturated carbocycles. The Hall–Kier alpha value is -2.05. The van der Waals surface area contributed by atoms with E-state index in [2.05, 4.69) is 9.97 Å². The van der Waals surface area contributed by atoms with Crippen molar-refractivity contribution in [1.82, 2.24) is 19.1 Å². The van der Waals surface area contributed by atoms with Gasteiger partial charge in [0.05, 0.1) is 12.9 Å². The second-order valence-corrected chi connectivity index (χ2v) is 5.27. The van der Waals surface area contributed by atoms with Crippen LogP contribution < -0.4 is 17.0 Å². The summed E-state index contributed by atoms with van der Waals surface area (Å²) in [6.07, 6.45) is -3.28. The molecule has 3 heterocycles. The van der Waals surface area contributed by atoms with Crippen molar-refractivity contribution in [2.24, 2.45) is 5.73 Å². The third kappa shape index (κ3) is 2.38. The van der Waals surface area contributed by atoms with Crippen molar-refractivity contribution >= 4 is 17.1 Å². The van der Waals surface area contributed by atoms with E-state index in [0.717, 1.165) is 0 Å². The number of aromatic nitrogens is 4. The number of nitrogens with two attached hydrogens (primary N) is 2. The molecular weight excluding hydrogens is 308 g/mol. The smallest absolute Gasteiger partial charge is 0.283 e. The molecule has 1 saturated heterocycles. The molecular formula is C12H18N6O5. The minimum atomic E-state index is -1.31. The van der Waals surface area contributed by atoms with Gasteiger partial charge in [-0.3, -0.25) is 13.9 Å². The quantitative estimate of drug-likeness (QED) is 0.386. The normalized spacial score (nSPS) is 27.8. The zero-order valence-corrected chi connectivity index (χ0v) is 12.1. The monoisotopic (exact) mass is 326 g/mol. The molecule has 0 unspecified atom stereocenters. The Morgan fingerprint density at radius 1 is 1.35 bits per heavy atom. The van der Waals surface area contributed by atoms with Crippen LogP contribution in [-0.2, 0) is 11.3 Å². The summed E-state index contributed by atoms with van der Waals surface area (Å²) in [5.41, 5.74) is 10.9. The fourth-order valence-corrected chi connectivity index (χ4v) is 2.66. The van der Waals surface area contributed by atoms with Crippen molar-refractivity contribution in [2.45, 2.75) is 31.1 Å². The number of fused-ring (bicyclic) bond motifs is 1. The van der Waals surface area contributed by atoms with Crippen LogP contribution in [0.15, 0.2) is 11.1 Å². The van der Waals surface area contributed by atoms with Crippen molar-refractivity contribution in [2.75, 3.05) is 18.9 Å². The molecule has 23 heavy (non-hydrogen) atoms. The predicted octanol–water partition coefficient (Wildman–Crippen LogP) is -3.25. The number of hydrogen-bond donors (Lipinski definition) is 5. The molecule has 0 radical (unpaired) electrons. The first-order chi connectivity index (χ1) is 11.0. The van der Waals surface area contributed by atoms with Gasteiger partial charge in [-0.25, -0.2) is 4.98 Å². The summed E-state index contributed by atoms with van der Waals surface area (Å²) in [7, 11) is 0. The first-order valence-corrected chi connectivity index (χ1v) is 7.05. The van der Waals surface area contributed by atoms with Gasteiger partial charge in [-0.1, -0.05) is 0 Å². The fraction of sp³-hybridized carbons (Fsp3) is 0.583. The lowest BCUT2D eigenvalue weighted by atomic mass is 10.1. The molecule has 1 fully saturated rings. The lowest BCUT2D eigenvalue weighted by Crippen LogP contribution is -2.33. The SMILES string of the molecule is NCCn1c(N)nc2c(ncn2[C@@H]2O[C@H](CO)[C@@H](O)[C@H]2O)c1=O. The van der Waals surface area contributed by atoms with Gasteiger partial charge in [-0.15, -0.1) is 0 Å². The van der Waals surface area contributed by atoms with Gasteiger partial charge in [0.25, 0.3) is 5.56 Å². The van der Waals surface area contributed by atoms with Gasteiger partial charge in [0, 0.05) is 13.1 Å². The second-order valence-electron chi connectivity index (χ2n) is 5.27. The highest BCUT2D eigenvalue weighted by Gasteiger charge is 2.44. The van der Waals surface area contributed by atoms with Crippen molar-refractivity contribution in [1.29, 1.82) is 0 Å². The van der Waals surface area contributed by atoms with Crippen molar-refractivity contribution in [3.8, 4) is 0 Å². The Morgan fingerprint density at radius 3 is 2.70 bits per heavy atom. The Morgan fingerprint density at radius 2 is 2.09 bits per heavy atom. The van der Waals surface area contributed by atoms with Crippen molar-refractivity contribution in [3.63, 3.8) is 0 Å². The van der Waals surface area contributed by atoms with E-state index in [0.29, 0.717) is 0 Å². The molecule has 2 aromatic rings. The van der Waals surface area contributed by atoms with Crippen LogP contribution in [0, 0.1) is 0 Å². The van der Waals surface area contributed by atoms with E-state index in [9.17, 15) is 15.0 Å². The summed E-state index contributed by atoms with van der Waals surface area (Å²) >= 11 is 0. The van der Waals surface area contributed by atoms with E-state index in [1.54, 1.807) is 0 Å². The third-order valence-corrected chi connectivity index (χ3v) is 3.86. The lowest BCUT2D eigenvalue weighted by Gasteiger charge is -2.17. The van der Waals surface area contributed by atoms with E-state index in [1.165, 1.54) is 15.5 Å². The topological polar surface area (TPSA) is 175 Å². The number of anilines is 1. The van der Waals surface area contributed by atoms with E-state index in [1.807, 2.05) is 0 Å². The summed E-state index contributed by atoms with van der Waals surface area (Å²) in [5, 5.41) is 29.0. The molecule has 0 spiro atoms. The summed E-state index contributed by atoms with van der Waals surface area (Å²) in [4.78, 5) is 20.5. The Bertz CT molecular complexity index is 773. The van der Waals surface area contributed by atoms with Crippen molar-refractivity contribution < 1.29 is 20.1 Å². The summed E-state index contributed by atoms with van der Waals surface area (Å²) < 4.78 is 7.92. The maximum absolute atomic E-state index is 12.4. The number of hydrogen-bond acceptors (Lipinski definition) is 9. The molecule has 0 aliphatic carbocycles. The highest BCUT2D eigenvalue weighted by atomic mass is 16.6. The number of aliphatic hydroxyl groups excluding tert-OH is 3. The van der Waals surface area contributed by atoms with Crippen LogP contribution in [0.1, 0.15) is 6.23 Å². The molecule has 126 valence electrons. The van der Waals surface area contributed by atoms with Crippen LogP contribution in [0.4, 0.5) is 5.95 Å². The minimum Gasteiger partial charge on any atom is -0.394 e. The third-order valence-electron chi connectivity index (χ3n) is 3.86. The standard InChI is InChI=1S/C12H18N6O5/c13-1-2-17-10(22)6-9(16-12(17)14)18(4-15-6)11-8(21)7(20)5(3-19)23-11/h4-5,7-8,11,19-21H,1-3,13H2,(H2,14,16)/t5-,7-,8-,11-/m1/s1. The van der Waals surface area contributed by atoms with E-state index < -0.39 is 36.7 Å². The van der Waals surface area contributed by atoms with E-state index >= 15 is 0 Å². The van der Waals surface area contributed by atoms with Crippen LogP contribution in [-0.4, -0.2) is 65.9 Å². The van der Waals surface area contributed by atoms with Crippen LogP contribution in [0.2, 0.25) is 0 Å². The molecule has 3 rings (SSSR count). The average Bonchev–Trinajstić information content (AvgIpc) is 3.06. The molecule has 1 aliphatic rings. The van der Waals surface area contributed by atoms with E-state index in [4.69, 9.17) is 21.3 Å².